The number of nitrogens with zero attached hydrogens (tertiary/aromatic N) is 1. The summed E-state index contributed by atoms with van der Waals surface area (Å²) in [6.45, 7) is 5.30. The van der Waals surface area contributed by atoms with Crippen molar-refractivity contribution in [3.8, 4) is 0 Å². The second kappa shape index (κ2) is 32.7. The number of rotatable bonds is 34. The molecule has 26 nitrogen and oxygen atoms in total. The van der Waals surface area contributed by atoms with Crippen LogP contribution in [-0.2, 0) is 59.2 Å². The molecule has 8 amide bonds. The van der Waals surface area contributed by atoms with Crippen molar-refractivity contribution in [3.63, 3.8) is 0 Å². The van der Waals surface area contributed by atoms with E-state index < -0.39 is 145 Å². The van der Waals surface area contributed by atoms with Crippen molar-refractivity contribution < 1.29 is 68.1 Å². The molecule has 0 aromatic heterocycles. The fourth-order valence-corrected chi connectivity index (χ4v) is 6.86. The zero-order valence-corrected chi connectivity index (χ0v) is 41.3. The number of thioether (sulfide) groups is 1. The van der Waals surface area contributed by atoms with E-state index in [0.29, 0.717) is 17.7 Å². The van der Waals surface area contributed by atoms with Crippen LogP contribution in [0.3, 0.4) is 0 Å². The number of carboxylic acid groups (broad SMARTS) is 3. The van der Waals surface area contributed by atoms with E-state index in [1.54, 1.807) is 50.4 Å². The van der Waals surface area contributed by atoms with E-state index in [4.69, 9.17) is 22.3 Å². The Morgan fingerprint density at radius 3 is 1.68 bits per heavy atom. The van der Waals surface area contributed by atoms with Gasteiger partial charge in [0.25, 0.3) is 0 Å². The van der Waals surface area contributed by atoms with Crippen molar-refractivity contribution in [2.24, 2.45) is 28.1 Å². The number of amides is 8. The highest BCUT2D eigenvalue weighted by Gasteiger charge is 2.33. The van der Waals surface area contributed by atoms with Gasteiger partial charge in [-0.2, -0.15) is 11.8 Å². The second-order valence-corrected chi connectivity index (χ2v) is 17.6. The third-order valence-corrected chi connectivity index (χ3v) is 11.4. The molecule has 0 spiro atoms. The first-order chi connectivity index (χ1) is 33.4. The van der Waals surface area contributed by atoms with Gasteiger partial charge in [0.15, 0.2) is 5.96 Å². The van der Waals surface area contributed by atoms with Gasteiger partial charge in [-0.3, -0.25) is 52.9 Å². The Labute approximate surface area is 415 Å². The molecule has 17 N–H and O–H groups in total. The molecule has 0 unspecified atom stereocenters. The van der Waals surface area contributed by atoms with E-state index in [1.807, 2.05) is 0 Å². The number of nitrogens with one attached hydrogen (secondary N) is 8. The van der Waals surface area contributed by atoms with Crippen LogP contribution in [0, 0.1) is 5.92 Å². The Morgan fingerprint density at radius 2 is 1.13 bits per heavy atom. The van der Waals surface area contributed by atoms with Gasteiger partial charge in [0, 0.05) is 25.8 Å². The first-order valence-electron chi connectivity index (χ1n) is 22.8. The van der Waals surface area contributed by atoms with Crippen molar-refractivity contribution in [2.75, 3.05) is 25.1 Å². The summed E-state index contributed by atoms with van der Waals surface area (Å²) in [5, 5.41) is 47.6. The number of carbonyl (C=O) groups excluding carboxylic acids is 8. The quantitative estimate of drug-likeness (QED) is 0.0183. The summed E-state index contributed by atoms with van der Waals surface area (Å²) < 4.78 is 0. The van der Waals surface area contributed by atoms with Gasteiger partial charge in [0.05, 0.1) is 12.6 Å². The highest BCUT2D eigenvalue weighted by molar-refractivity contribution is 7.98. The lowest BCUT2D eigenvalue weighted by molar-refractivity contribution is -0.144. The highest BCUT2D eigenvalue weighted by Crippen LogP contribution is 2.11. The molecule has 0 aliphatic heterocycles. The third kappa shape index (κ3) is 24.9. The van der Waals surface area contributed by atoms with E-state index >= 15 is 0 Å². The lowest BCUT2D eigenvalue weighted by atomic mass is 9.98. The maximum atomic E-state index is 13.6. The molecular weight excluding hydrogens is 953 g/mol. The molecular formula is C44H70N12O14S. The van der Waals surface area contributed by atoms with Gasteiger partial charge >= 0.3 is 17.9 Å². The van der Waals surface area contributed by atoms with E-state index in [-0.39, 0.29) is 44.6 Å². The lowest BCUT2D eigenvalue weighted by Gasteiger charge is -2.26. The Hall–Kier alpha value is -7.03. The lowest BCUT2D eigenvalue weighted by Crippen LogP contribution is -2.59. The molecule has 1 aromatic rings. The molecule has 9 atom stereocenters. The predicted octanol–water partition coefficient (Wildman–Crippen LogP) is -3.23. The Morgan fingerprint density at radius 1 is 0.620 bits per heavy atom. The van der Waals surface area contributed by atoms with Crippen molar-refractivity contribution in [1.29, 1.82) is 0 Å². The summed E-state index contributed by atoms with van der Waals surface area (Å²) in [5.41, 5.74) is 17.2. The molecule has 0 saturated carbocycles. The van der Waals surface area contributed by atoms with Crippen LogP contribution in [0.15, 0.2) is 35.3 Å². The van der Waals surface area contributed by atoms with Gasteiger partial charge in [-0.05, 0) is 69.4 Å². The summed E-state index contributed by atoms with van der Waals surface area (Å²) in [5.74, 6) is -11.0. The molecule has 71 heavy (non-hydrogen) atoms. The Kier molecular flexibility index (Phi) is 28.6. The van der Waals surface area contributed by atoms with Crippen molar-refractivity contribution in [1.82, 2.24) is 42.5 Å². The number of aliphatic imine (C=N–C) groups is 1. The monoisotopic (exact) mass is 1020 g/mol. The van der Waals surface area contributed by atoms with Crippen molar-refractivity contribution in [2.45, 2.75) is 134 Å². The molecule has 0 aliphatic carbocycles. The van der Waals surface area contributed by atoms with Crippen molar-refractivity contribution in [3.05, 3.63) is 35.9 Å². The molecule has 0 saturated heterocycles. The molecule has 396 valence electrons. The van der Waals surface area contributed by atoms with Crippen LogP contribution in [0.2, 0.25) is 0 Å². The van der Waals surface area contributed by atoms with Crippen LogP contribution >= 0.6 is 11.8 Å². The van der Waals surface area contributed by atoms with Crippen LogP contribution in [-0.4, -0.2) is 160 Å². The van der Waals surface area contributed by atoms with Crippen LogP contribution in [0.1, 0.15) is 84.6 Å². The van der Waals surface area contributed by atoms with Gasteiger partial charge in [-0.15, -0.1) is 0 Å². The minimum Gasteiger partial charge on any atom is -0.481 e. The van der Waals surface area contributed by atoms with Gasteiger partial charge in [0.1, 0.15) is 42.3 Å². The fraction of sp³-hybridized carbons (Fsp3) is 0.591. The van der Waals surface area contributed by atoms with Gasteiger partial charge < -0.3 is 75.1 Å². The van der Waals surface area contributed by atoms with Gasteiger partial charge in [-0.1, -0.05) is 50.6 Å². The molecule has 0 aliphatic rings. The number of hydrogen-bond donors (Lipinski definition) is 14. The van der Waals surface area contributed by atoms with Gasteiger partial charge in [-0.25, -0.2) is 4.79 Å². The number of benzene rings is 1. The number of nitrogens with two attached hydrogens (primary N) is 3. The second-order valence-electron chi connectivity index (χ2n) is 16.6. The smallest absolute Gasteiger partial charge is 0.326 e. The summed E-state index contributed by atoms with van der Waals surface area (Å²) in [7, 11) is 0. The van der Waals surface area contributed by atoms with Crippen LogP contribution in [0.25, 0.3) is 0 Å². The van der Waals surface area contributed by atoms with E-state index in [1.165, 1.54) is 25.6 Å². The average Bonchev–Trinajstić information content (AvgIpc) is 3.31. The maximum absolute atomic E-state index is 13.6. The molecule has 1 rings (SSSR count). The fourth-order valence-electron chi connectivity index (χ4n) is 6.39. The topological polar surface area (TPSA) is 435 Å². The molecule has 1 aromatic carbocycles. The molecule has 27 heteroatoms. The zero-order chi connectivity index (χ0) is 53.8. The number of hydrogen-bond acceptors (Lipinski definition) is 14. The maximum Gasteiger partial charge on any atom is 0.326 e. The first-order valence-corrected chi connectivity index (χ1v) is 24.2. The number of aliphatic carboxylic acids is 3. The summed E-state index contributed by atoms with van der Waals surface area (Å²) in [6.07, 6.45) is 0.644. The summed E-state index contributed by atoms with van der Waals surface area (Å²) in [4.78, 5) is 145. The molecule has 0 fully saturated rings. The van der Waals surface area contributed by atoms with Crippen LogP contribution in [0.5, 0.6) is 0 Å². The van der Waals surface area contributed by atoms with Crippen molar-refractivity contribution >= 4 is 82.9 Å². The number of carboxylic acids is 3. The van der Waals surface area contributed by atoms with Crippen LogP contribution in [0.4, 0.5) is 0 Å². The zero-order valence-electron chi connectivity index (χ0n) is 40.5. The standard InChI is InChI=1S/C44H70N12O14S/c1-6-23(2)35(43(69)70)56-42(68)31(21-26-11-8-7-9-12-26)52-32(57)22-49-36(62)24(3)50-39(65)29(15-17-34(60)61)53-37(63)25(4)51-40(66)30(18-20-71-5)55-41(67)28(13-10-19-48-44(46)47)54-38(64)27(45)14-16-33(58)59/h7-9,11-12,23-25,27-31,35H,6,10,13-22,45H2,1-5H3,(H,49,62)(H,50,65)(H,51,66)(H,52,57)(H,53,63)(H,54,64)(H,55,67)(H,56,68)(H,58,59)(H,60,61)(H,69,70)(H4,46,47,48)/t23-,24-,25-,27-,28-,29-,30-,31-,35-/m0/s1. The number of carbonyl (C=O) groups is 11. The van der Waals surface area contributed by atoms with Gasteiger partial charge in [0.2, 0.25) is 47.3 Å². The Bertz CT molecular complexity index is 2030. The van der Waals surface area contributed by atoms with E-state index in [0.717, 1.165) is 0 Å². The minimum absolute atomic E-state index is 0.0204. The predicted molar refractivity (Wildman–Crippen MR) is 260 cm³/mol. The molecule has 0 bridgehead atoms. The molecule has 0 heterocycles. The van der Waals surface area contributed by atoms with E-state index in [2.05, 4.69) is 47.5 Å². The average molecular weight is 1020 g/mol. The number of guanidine groups is 1. The summed E-state index contributed by atoms with van der Waals surface area (Å²) >= 11 is 1.33. The van der Waals surface area contributed by atoms with E-state index in [9.17, 15) is 63.0 Å². The molecule has 0 radical (unpaired) electrons. The SMILES string of the molecule is CC[C@H](C)[C@H](NC(=O)[C@H](Cc1ccccc1)NC(=O)CNC(=O)[C@H](C)NC(=O)[C@H](CCC(=O)O)NC(=O)[C@H](C)NC(=O)[C@H](CCSC)NC(=O)[C@H](CCCN=C(N)N)NC(=O)[C@@H](N)CCC(=O)O)C(=O)O. The Balaban J connectivity index is 3.09. The normalized spacial score (nSPS) is 14.6. The summed E-state index contributed by atoms with van der Waals surface area (Å²) in [6, 6.07) is -2.06. The largest absolute Gasteiger partial charge is 0.481 e. The third-order valence-electron chi connectivity index (χ3n) is 10.7. The minimum atomic E-state index is -1.56. The van der Waals surface area contributed by atoms with Crippen LogP contribution < -0.4 is 59.7 Å². The first kappa shape index (κ1) is 62.0. The highest BCUT2D eigenvalue weighted by atomic mass is 32.2.